The van der Waals surface area contributed by atoms with Gasteiger partial charge in [-0.2, -0.15) is 0 Å². The van der Waals surface area contributed by atoms with Crippen molar-refractivity contribution in [1.29, 1.82) is 0 Å². The van der Waals surface area contributed by atoms with Crippen LogP contribution < -0.4 is 5.32 Å². The minimum absolute atomic E-state index is 0.713. The van der Waals surface area contributed by atoms with Gasteiger partial charge in [0.15, 0.2) is 0 Å². The standard InChI is InChI=1S/C10H17N/c1-10-6-4-2-3-5-8-11-9-7-10/h2-3,7,9-11H,4-6,8H2,1H3/b3-2-,9-7-. The Morgan fingerprint density at radius 3 is 3.00 bits per heavy atom. The summed E-state index contributed by atoms with van der Waals surface area (Å²) in [4.78, 5) is 0. The summed E-state index contributed by atoms with van der Waals surface area (Å²) in [6.07, 6.45) is 12.5. The van der Waals surface area contributed by atoms with Crippen LogP contribution >= 0.6 is 0 Å². The highest BCUT2D eigenvalue weighted by Crippen LogP contribution is 2.07. The smallest absolute Gasteiger partial charge is 0.0175 e. The van der Waals surface area contributed by atoms with E-state index in [9.17, 15) is 0 Å². The summed E-state index contributed by atoms with van der Waals surface area (Å²) in [5, 5.41) is 3.25. The Balaban J connectivity index is 2.34. The van der Waals surface area contributed by atoms with Crippen LogP contribution in [0.25, 0.3) is 0 Å². The third kappa shape index (κ3) is 3.87. The van der Waals surface area contributed by atoms with Gasteiger partial charge in [-0.3, -0.25) is 0 Å². The topological polar surface area (TPSA) is 12.0 Å². The van der Waals surface area contributed by atoms with Crippen LogP contribution in [0.4, 0.5) is 0 Å². The van der Waals surface area contributed by atoms with Crippen LogP contribution in [0.1, 0.15) is 26.2 Å². The molecule has 0 amide bonds. The fourth-order valence-corrected chi connectivity index (χ4v) is 1.17. The fraction of sp³-hybridized carbons (Fsp3) is 0.600. The summed E-state index contributed by atoms with van der Waals surface area (Å²) in [5.41, 5.74) is 0. The summed E-state index contributed by atoms with van der Waals surface area (Å²) in [6.45, 7) is 3.33. The van der Waals surface area contributed by atoms with Crippen LogP contribution in [0.3, 0.4) is 0 Å². The second kappa shape index (κ2) is 5.00. The van der Waals surface area contributed by atoms with Crippen molar-refractivity contribution in [2.75, 3.05) is 6.54 Å². The van der Waals surface area contributed by atoms with Crippen molar-refractivity contribution in [3.05, 3.63) is 24.4 Å². The zero-order chi connectivity index (χ0) is 7.94. The lowest BCUT2D eigenvalue weighted by Gasteiger charge is -2.05. The number of nitrogens with one attached hydrogen (secondary N) is 1. The highest BCUT2D eigenvalue weighted by Gasteiger charge is 1.94. The molecule has 1 heterocycles. The van der Waals surface area contributed by atoms with E-state index in [0.717, 1.165) is 13.0 Å². The Morgan fingerprint density at radius 1 is 1.27 bits per heavy atom. The summed E-state index contributed by atoms with van der Waals surface area (Å²) in [7, 11) is 0. The van der Waals surface area contributed by atoms with E-state index in [1.165, 1.54) is 12.8 Å². The first-order valence-corrected chi connectivity index (χ1v) is 4.44. The molecule has 0 aliphatic carbocycles. The van der Waals surface area contributed by atoms with Crippen molar-refractivity contribution in [3.63, 3.8) is 0 Å². The molecule has 0 bridgehead atoms. The molecule has 1 heteroatoms. The van der Waals surface area contributed by atoms with Crippen molar-refractivity contribution < 1.29 is 0 Å². The molecule has 0 saturated carbocycles. The highest BCUT2D eigenvalue weighted by molar-refractivity contribution is 4.90. The van der Waals surface area contributed by atoms with Crippen LogP contribution in [0, 0.1) is 5.92 Å². The summed E-state index contributed by atoms with van der Waals surface area (Å²) < 4.78 is 0. The summed E-state index contributed by atoms with van der Waals surface area (Å²) >= 11 is 0. The molecule has 0 radical (unpaired) electrons. The van der Waals surface area contributed by atoms with Gasteiger partial charge in [-0.15, -0.1) is 0 Å². The van der Waals surface area contributed by atoms with Crippen LogP contribution in [0.2, 0.25) is 0 Å². The Hall–Kier alpha value is -0.720. The molecule has 1 nitrogen and oxygen atoms in total. The molecule has 1 atom stereocenters. The van der Waals surface area contributed by atoms with E-state index in [0.29, 0.717) is 5.92 Å². The zero-order valence-corrected chi connectivity index (χ0v) is 7.22. The van der Waals surface area contributed by atoms with E-state index in [1.54, 1.807) is 0 Å². The van der Waals surface area contributed by atoms with E-state index in [2.05, 4.69) is 36.7 Å². The predicted molar refractivity (Wildman–Crippen MR) is 49.3 cm³/mol. The highest BCUT2D eigenvalue weighted by atomic mass is 14.8. The lowest BCUT2D eigenvalue weighted by atomic mass is 10.1. The van der Waals surface area contributed by atoms with E-state index in [-0.39, 0.29) is 0 Å². The van der Waals surface area contributed by atoms with Gasteiger partial charge in [0.1, 0.15) is 0 Å². The maximum Gasteiger partial charge on any atom is 0.0175 e. The second-order valence-electron chi connectivity index (χ2n) is 3.13. The monoisotopic (exact) mass is 151 g/mol. The molecule has 0 fully saturated rings. The van der Waals surface area contributed by atoms with Crippen molar-refractivity contribution in [1.82, 2.24) is 5.32 Å². The molecule has 0 aromatic heterocycles. The molecule has 0 aromatic carbocycles. The van der Waals surface area contributed by atoms with Gasteiger partial charge < -0.3 is 5.32 Å². The SMILES string of the molecule is CC1/C=C\NCC/C=C\CC1. The lowest BCUT2D eigenvalue weighted by molar-refractivity contribution is 0.647. The maximum absolute atomic E-state index is 3.25. The largest absolute Gasteiger partial charge is 0.391 e. The fourth-order valence-electron chi connectivity index (χ4n) is 1.17. The second-order valence-corrected chi connectivity index (χ2v) is 3.13. The Morgan fingerprint density at radius 2 is 2.09 bits per heavy atom. The zero-order valence-electron chi connectivity index (χ0n) is 7.22. The quantitative estimate of drug-likeness (QED) is 0.524. The van der Waals surface area contributed by atoms with Crippen molar-refractivity contribution in [3.8, 4) is 0 Å². The van der Waals surface area contributed by atoms with Gasteiger partial charge in [0, 0.05) is 6.54 Å². The van der Waals surface area contributed by atoms with Crippen LogP contribution in [-0.4, -0.2) is 6.54 Å². The van der Waals surface area contributed by atoms with E-state index in [4.69, 9.17) is 0 Å². The molecule has 0 aromatic rings. The number of hydrogen-bond donors (Lipinski definition) is 1. The van der Waals surface area contributed by atoms with Gasteiger partial charge in [-0.05, 0) is 31.4 Å². The van der Waals surface area contributed by atoms with Gasteiger partial charge in [0.25, 0.3) is 0 Å². The molecule has 62 valence electrons. The molecule has 0 spiro atoms. The van der Waals surface area contributed by atoms with Crippen LogP contribution in [0.5, 0.6) is 0 Å². The number of allylic oxidation sites excluding steroid dienone is 2. The molecular weight excluding hydrogens is 134 g/mol. The van der Waals surface area contributed by atoms with E-state index in [1.807, 2.05) is 0 Å². The Bertz CT molecular complexity index is 147. The van der Waals surface area contributed by atoms with Crippen molar-refractivity contribution in [2.45, 2.75) is 26.2 Å². The molecule has 1 unspecified atom stereocenters. The average molecular weight is 151 g/mol. The minimum atomic E-state index is 0.713. The van der Waals surface area contributed by atoms with E-state index >= 15 is 0 Å². The third-order valence-corrected chi connectivity index (χ3v) is 1.95. The average Bonchev–Trinajstić information content (AvgIpc) is 2.03. The molecule has 11 heavy (non-hydrogen) atoms. The van der Waals surface area contributed by atoms with Gasteiger partial charge in [-0.25, -0.2) is 0 Å². The molecule has 1 aliphatic rings. The predicted octanol–water partition coefficient (Wildman–Crippen LogP) is 2.47. The first kappa shape index (κ1) is 8.38. The number of hydrogen-bond acceptors (Lipinski definition) is 1. The summed E-state index contributed by atoms with van der Waals surface area (Å²) in [6, 6.07) is 0. The van der Waals surface area contributed by atoms with Crippen molar-refractivity contribution >= 4 is 0 Å². The Labute approximate surface area is 69.2 Å². The summed E-state index contributed by atoms with van der Waals surface area (Å²) in [5.74, 6) is 0.713. The molecule has 1 rings (SSSR count). The van der Waals surface area contributed by atoms with Gasteiger partial charge in [0.2, 0.25) is 0 Å². The molecular formula is C10H17N. The number of rotatable bonds is 0. The van der Waals surface area contributed by atoms with Gasteiger partial charge >= 0.3 is 0 Å². The molecule has 1 N–H and O–H groups in total. The Kier molecular flexibility index (Phi) is 3.81. The van der Waals surface area contributed by atoms with Crippen molar-refractivity contribution in [2.24, 2.45) is 5.92 Å². The van der Waals surface area contributed by atoms with Gasteiger partial charge in [-0.1, -0.05) is 25.2 Å². The maximum atomic E-state index is 3.25. The van der Waals surface area contributed by atoms with Gasteiger partial charge in [0.05, 0.1) is 0 Å². The minimum Gasteiger partial charge on any atom is -0.391 e. The van der Waals surface area contributed by atoms with E-state index < -0.39 is 0 Å². The third-order valence-electron chi connectivity index (χ3n) is 1.95. The first-order chi connectivity index (χ1) is 5.39. The van der Waals surface area contributed by atoms with Crippen LogP contribution in [0.15, 0.2) is 24.4 Å². The molecule has 1 aliphatic heterocycles. The van der Waals surface area contributed by atoms with Crippen LogP contribution in [-0.2, 0) is 0 Å². The lowest BCUT2D eigenvalue weighted by Crippen LogP contribution is -2.07. The first-order valence-electron chi connectivity index (χ1n) is 4.44. The molecule has 0 saturated heterocycles. The normalized spacial score (nSPS) is 31.9.